The van der Waals surface area contributed by atoms with E-state index in [1.165, 1.54) is 23.1 Å². The molecule has 0 aliphatic heterocycles. The molecular weight excluding hydrogens is 260 g/mol. The van der Waals surface area contributed by atoms with Gasteiger partial charge in [0.15, 0.2) is 0 Å². The van der Waals surface area contributed by atoms with Crippen LogP contribution in [0.2, 0.25) is 0 Å². The van der Waals surface area contributed by atoms with E-state index in [1.54, 1.807) is 0 Å². The lowest BCUT2D eigenvalue weighted by Gasteiger charge is -2.26. The Morgan fingerprint density at radius 2 is 1.25 bits per heavy atom. The van der Waals surface area contributed by atoms with E-state index < -0.39 is 0 Å². The minimum Gasteiger partial charge on any atom is -0.157 e. The van der Waals surface area contributed by atoms with Crippen molar-refractivity contribution >= 4 is 11.8 Å². The van der Waals surface area contributed by atoms with Crippen molar-refractivity contribution in [3.63, 3.8) is 0 Å². The SMILES string of the molecule is CSC(CC(C)(C)C)c1cc(C(C)C)cc(C(C)C)c1. The predicted molar refractivity (Wildman–Crippen MR) is 94.9 cm³/mol. The molecular formula is C19H32S. The molecule has 0 bridgehead atoms. The van der Waals surface area contributed by atoms with E-state index in [2.05, 4.69) is 72.9 Å². The summed E-state index contributed by atoms with van der Waals surface area (Å²) in [6.07, 6.45) is 3.47. The van der Waals surface area contributed by atoms with E-state index in [0.717, 1.165) is 0 Å². The zero-order chi connectivity index (χ0) is 15.5. The first-order valence-electron chi connectivity index (χ1n) is 7.81. The Hall–Kier alpha value is -0.430. The van der Waals surface area contributed by atoms with Crippen molar-refractivity contribution in [3.05, 3.63) is 34.9 Å². The Balaban J connectivity index is 3.20. The Morgan fingerprint density at radius 3 is 1.55 bits per heavy atom. The minimum atomic E-state index is 0.375. The molecule has 1 unspecified atom stereocenters. The molecule has 1 rings (SSSR count). The molecule has 0 aliphatic carbocycles. The number of thioether (sulfide) groups is 1. The van der Waals surface area contributed by atoms with Crippen molar-refractivity contribution in [2.45, 2.75) is 72.0 Å². The van der Waals surface area contributed by atoms with Crippen LogP contribution in [-0.2, 0) is 0 Å². The largest absolute Gasteiger partial charge is 0.157 e. The van der Waals surface area contributed by atoms with Crippen molar-refractivity contribution in [2.24, 2.45) is 5.41 Å². The molecule has 1 heteroatoms. The van der Waals surface area contributed by atoms with E-state index in [9.17, 15) is 0 Å². The summed E-state index contributed by atoms with van der Waals surface area (Å²) in [7, 11) is 0. The number of hydrogen-bond donors (Lipinski definition) is 0. The first-order valence-corrected chi connectivity index (χ1v) is 9.10. The first-order chi connectivity index (χ1) is 9.14. The number of rotatable bonds is 5. The second-order valence-electron chi connectivity index (χ2n) is 7.73. The first kappa shape index (κ1) is 17.6. The van der Waals surface area contributed by atoms with Gasteiger partial charge in [-0.1, -0.05) is 66.7 Å². The van der Waals surface area contributed by atoms with Crippen LogP contribution in [0.3, 0.4) is 0 Å². The van der Waals surface area contributed by atoms with Crippen LogP contribution in [0.4, 0.5) is 0 Å². The monoisotopic (exact) mass is 292 g/mol. The fraction of sp³-hybridized carbons (Fsp3) is 0.684. The summed E-state index contributed by atoms with van der Waals surface area (Å²) in [4.78, 5) is 0. The highest BCUT2D eigenvalue weighted by molar-refractivity contribution is 7.98. The highest BCUT2D eigenvalue weighted by atomic mass is 32.2. The van der Waals surface area contributed by atoms with Crippen LogP contribution < -0.4 is 0 Å². The van der Waals surface area contributed by atoms with Gasteiger partial charge < -0.3 is 0 Å². The molecule has 0 fully saturated rings. The minimum absolute atomic E-state index is 0.375. The Morgan fingerprint density at radius 1 is 0.850 bits per heavy atom. The summed E-state index contributed by atoms with van der Waals surface area (Å²) >= 11 is 1.99. The van der Waals surface area contributed by atoms with E-state index >= 15 is 0 Å². The molecule has 0 N–H and O–H groups in total. The summed E-state index contributed by atoms with van der Waals surface area (Å²) in [6, 6.07) is 7.26. The van der Waals surface area contributed by atoms with Gasteiger partial charge in [0.2, 0.25) is 0 Å². The van der Waals surface area contributed by atoms with Gasteiger partial charge in [-0.05, 0) is 46.6 Å². The van der Waals surface area contributed by atoms with Gasteiger partial charge in [-0.2, -0.15) is 11.8 Å². The third kappa shape index (κ3) is 5.16. The fourth-order valence-corrected chi connectivity index (χ4v) is 3.52. The van der Waals surface area contributed by atoms with Crippen molar-refractivity contribution < 1.29 is 0 Å². The average molecular weight is 293 g/mol. The molecule has 0 saturated carbocycles. The Bertz CT molecular complexity index is 398. The third-order valence-electron chi connectivity index (χ3n) is 3.79. The van der Waals surface area contributed by atoms with Crippen LogP contribution in [0.5, 0.6) is 0 Å². The molecule has 0 radical (unpaired) electrons. The smallest absolute Gasteiger partial charge is 0.0299 e. The van der Waals surface area contributed by atoms with Gasteiger partial charge in [-0.25, -0.2) is 0 Å². The molecule has 0 nitrogen and oxygen atoms in total. The highest BCUT2D eigenvalue weighted by Gasteiger charge is 2.21. The summed E-state index contributed by atoms with van der Waals surface area (Å²) in [5, 5.41) is 0.603. The standard InChI is InChI=1S/C19H32S/c1-13(2)15-9-16(14(3)4)11-17(10-15)18(20-8)12-19(5,6)7/h9-11,13-14,18H,12H2,1-8H3. The van der Waals surface area contributed by atoms with E-state index in [-0.39, 0.29) is 0 Å². The van der Waals surface area contributed by atoms with Crippen molar-refractivity contribution in [1.29, 1.82) is 0 Å². The van der Waals surface area contributed by atoms with Crippen molar-refractivity contribution in [2.75, 3.05) is 6.26 Å². The number of benzene rings is 1. The van der Waals surface area contributed by atoms with E-state index in [1.807, 2.05) is 11.8 Å². The lowest BCUT2D eigenvalue weighted by atomic mass is 9.86. The van der Waals surface area contributed by atoms with Crippen molar-refractivity contribution in [3.8, 4) is 0 Å². The van der Waals surface area contributed by atoms with Crippen LogP contribution in [-0.4, -0.2) is 6.26 Å². The van der Waals surface area contributed by atoms with Gasteiger partial charge in [0, 0.05) is 5.25 Å². The van der Waals surface area contributed by atoms with Crippen LogP contribution in [0.15, 0.2) is 18.2 Å². The lowest BCUT2D eigenvalue weighted by Crippen LogP contribution is -2.10. The van der Waals surface area contributed by atoms with Crippen LogP contribution in [0.25, 0.3) is 0 Å². The molecule has 1 aromatic carbocycles. The Kier molecular flexibility index (Phi) is 6.19. The molecule has 114 valence electrons. The van der Waals surface area contributed by atoms with Crippen LogP contribution >= 0.6 is 11.8 Å². The molecule has 20 heavy (non-hydrogen) atoms. The maximum atomic E-state index is 2.43. The molecule has 0 aromatic heterocycles. The zero-order valence-corrected chi connectivity index (χ0v) is 15.4. The summed E-state index contributed by atoms with van der Waals surface area (Å²) in [5.74, 6) is 1.20. The molecule has 0 aliphatic rings. The van der Waals surface area contributed by atoms with E-state index in [4.69, 9.17) is 0 Å². The van der Waals surface area contributed by atoms with Crippen LogP contribution in [0.1, 0.15) is 88.7 Å². The van der Waals surface area contributed by atoms with Gasteiger partial charge >= 0.3 is 0 Å². The molecule has 1 atom stereocenters. The maximum absolute atomic E-state index is 2.43. The topological polar surface area (TPSA) is 0 Å². The molecule has 0 amide bonds. The Labute approximate surface area is 130 Å². The molecule has 0 heterocycles. The average Bonchev–Trinajstić information content (AvgIpc) is 2.34. The van der Waals surface area contributed by atoms with Gasteiger partial charge in [0.1, 0.15) is 0 Å². The summed E-state index contributed by atoms with van der Waals surface area (Å²) in [5.41, 5.74) is 4.86. The highest BCUT2D eigenvalue weighted by Crippen LogP contribution is 2.39. The van der Waals surface area contributed by atoms with Crippen molar-refractivity contribution in [1.82, 2.24) is 0 Å². The molecule has 0 saturated heterocycles. The van der Waals surface area contributed by atoms with Gasteiger partial charge in [0.25, 0.3) is 0 Å². The zero-order valence-electron chi connectivity index (χ0n) is 14.6. The third-order valence-corrected chi connectivity index (χ3v) is 4.80. The quantitative estimate of drug-likeness (QED) is 0.576. The fourth-order valence-electron chi connectivity index (χ4n) is 2.45. The summed E-state index contributed by atoms with van der Waals surface area (Å²) in [6.45, 7) is 16.2. The summed E-state index contributed by atoms with van der Waals surface area (Å²) < 4.78 is 0. The molecule has 0 spiro atoms. The second kappa shape index (κ2) is 7.02. The second-order valence-corrected chi connectivity index (χ2v) is 8.77. The maximum Gasteiger partial charge on any atom is 0.0299 e. The van der Waals surface area contributed by atoms with Crippen LogP contribution in [0, 0.1) is 5.41 Å². The number of hydrogen-bond acceptors (Lipinski definition) is 1. The van der Waals surface area contributed by atoms with Gasteiger partial charge in [-0.3, -0.25) is 0 Å². The predicted octanol–water partition coefficient (Wildman–Crippen LogP) is 6.77. The van der Waals surface area contributed by atoms with Gasteiger partial charge in [0.05, 0.1) is 0 Å². The molecule has 1 aromatic rings. The van der Waals surface area contributed by atoms with E-state index in [0.29, 0.717) is 22.5 Å². The lowest BCUT2D eigenvalue weighted by molar-refractivity contribution is 0.374. The van der Waals surface area contributed by atoms with Gasteiger partial charge in [-0.15, -0.1) is 0 Å². The normalized spacial score (nSPS) is 14.1.